The third kappa shape index (κ3) is 11.8. The second-order valence-electron chi connectivity index (χ2n) is 9.88. The van der Waals surface area contributed by atoms with Crippen molar-refractivity contribution in [3.8, 4) is 0 Å². The molecule has 1 aromatic rings. The van der Waals surface area contributed by atoms with Crippen LogP contribution >= 0.6 is 0 Å². The molecule has 0 unspecified atom stereocenters. The smallest absolute Gasteiger partial charge is 0.312 e. The zero-order valence-electron chi connectivity index (χ0n) is 21.2. The SMILES string of the molecule is CC(=O)OCc1ccc(NC(=O)[C@H](CCCNC(N)=O)CC(=O)[C@@H](NC(C)(C)C)C(C)C)cc1. The Morgan fingerprint density at radius 3 is 2.18 bits per heavy atom. The number of ether oxygens (including phenoxy) is 1. The zero-order chi connectivity index (χ0) is 25.9. The van der Waals surface area contributed by atoms with E-state index in [2.05, 4.69) is 16.0 Å². The highest BCUT2D eigenvalue weighted by Crippen LogP contribution is 2.20. The topological polar surface area (TPSA) is 140 Å². The van der Waals surface area contributed by atoms with E-state index < -0.39 is 11.9 Å². The third-order valence-electron chi connectivity index (χ3n) is 5.11. The van der Waals surface area contributed by atoms with Gasteiger partial charge in [0.1, 0.15) is 6.61 Å². The van der Waals surface area contributed by atoms with E-state index in [1.165, 1.54) is 6.92 Å². The van der Waals surface area contributed by atoms with E-state index in [-0.39, 0.29) is 48.2 Å². The number of urea groups is 1. The Morgan fingerprint density at radius 1 is 1.06 bits per heavy atom. The van der Waals surface area contributed by atoms with Crippen LogP contribution in [0.2, 0.25) is 0 Å². The Balaban J connectivity index is 2.90. The Labute approximate surface area is 202 Å². The molecule has 0 bridgehead atoms. The first-order valence-corrected chi connectivity index (χ1v) is 11.7. The highest BCUT2D eigenvalue weighted by atomic mass is 16.5. The minimum atomic E-state index is -0.625. The number of carbonyl (C=O) groups is 4. The van der Waals surface area contributed by atoms with E-state index in [4.69, 9.17) is 10.5 Å². The summed E-state index contributed by atoms with van der Waals surface area (Å²) in [5, 5.41) is 8.76. The molecule has 0 fully saturated rings. The van der Waals surface area contributed by atoms with Gasteiger partial charge in [-0.1, -0.05) is 26.0 Å². The quantitative estimate of drug-likeness (QED) is 0.255. The van der Waals surface area contributed by atoms with Gasteiger partial charge in [-0.15, -0.1) is 0 Å². The molecular formula is C25H40N4O5. The first-order chi connectivity index (χ1) is 15.8. The predicted octanol–water partition coefficient (Wildman–Crippen LogP) is 3.12. The first-order valence-electron chi connectivity index (χ1n) is 11.7. The second kappa shape index (κ2) is 13.7. The van der Waals surface area contributed by atoms with Crippen molar-refractivity contribution in [2.45, 2.75) is 79.0 Å². The van der Waals surface area contributed by atoms with Crippen molar-refractivity contribution >= 4 is 29.4 Å². The van der Waals surface area contributed by atoms with Crippen LogP contribution in [-0.4, -0.2) is 41.8 Å². The lowest BCUT2D eigenvalue weighted by atomic mass is 9.88. The number of esters is 1. The largest absolute Gasteiger partial charge is 0.461 e. The third-order valence-corrected chi connectivity index (χ3v) is 5.11. The summed E-state index contributed by atoms with van der Waals surface area (Å²) < 4.78 is 4.97. The number of nitrogens with two attached hydrogens (primary N) is 1. The summed E-state index contributed by atoms with van der Waals surface area (Å²) in [6, 6.07) is 5.97. The van der Waals surface area contributed by atoms with Gasteiger partial charge in [-0.3, -0.25) is 14.4 Å². The molecule has 0 aromatic heterocycles. The summed E-state index contributed by atoms with van der Waals surface area (Å²) in [6.45, 7) is 11.8. The van der Waals surface area contributed by atoms with E-state index in [0.29, 0.717) is 25.1 Å². The molecule has 3 amide bonds. The molecule has 0 saturated heterocycles. The molecule has 0 saturated carbocycles. The van der Waals surface area contributed by atoms with E-state index in [1.807, 2.05) is 34.6 Å². The van der Waals surface area contributed by atoms with Crippen LogP contribution in [0.1, 0.15) is 66.4 Å². The molecule has 34 heavy (non-hydrogen) atoms. The summed E-state index contributed by atoms with van der Waals surface area (Å²) in [4.78, 5) is 48.2. The first kappa shape index (κ1) is 29.1. The molecule has 0 radical (unpaired) electrons. The van der Waals surface area contributed by atoms with Crippen molar-refractivity contribution in [2.75, 3.05) is 11.9 Å². The minimum Gasteiger partial charge on any atom is -0.461 e. The van der Waals surface area contributed by atoms with Crippen molar-refractivity contribution in [3.63, 3.8) is 0 Å². The fourth-order valence-corrected chi connectivity index (χ4v) is 3.45. The van der Waals surface area contributed by atoms with Crippen molar-refractivity contribution in [2.24, 2.45) is 17.6 Å². The van der Waals surface area contributed by atoms with Gasteiger partial charge in [0.05, 0.1) is 6.04 Å². The van der Waals surface area contributed by atoms with Crippen LogP contribution in [0.25, 0.3) is 0 Å². The van der Waals surface area contributed by atoms with Crippen LogP contribution in [-0.2, 0) is 25.7 Å². The molecule has 9 heteroatoms. The molecule has 0 heterocycles. The maximum Gasteiger partial charge on any atom is 0.312 e. The van der Waals surface area contributed by atoms with Gasteiger partial charge in [0.25, 0.3) is 0 Å². The Morgan fingerprint density at radius 2 is 1.68 bits per heavy atom. The molecule has 190 valence electrons. The Kier molecular flexibility index (Phi) is 11.7. The normalized spacial score (nSPS) is 13.1. The summed E-state index contributed by atoms with van der Waals surface area (Å²) >= 11 is 0. The Bertz CT molecular complexity index is 831. The van der Waals surface area contributed by atoms with Gasteiger partial charge in [0, 0.05) is 37.0 Å². The molecular weight excluding hydrogens is 436 g/mol. The predicted molar refractivity (Wildman–Crippen MR) is 132 cm³/mol. The maximum atomic E-state index is 13.2. The minimum absolute atomic E-state index is 0.0235. The number of carbonyl (C=O) groups excluding carboxylic acids is 4. The van der Waals surface area contributed by atoms with E-state index in [0.717, 1.165) is 5.56 Å². The lowest BCUT2D eigenvalue weighted by Crippen LogP contribution is -2.51. The summed E-state index contributed by atoms with van der Waals surface area (Å²) in [7, 11) is 0. The summed E-state index contributed by atoms with van der Waals surface area (Å²) in [5.74, 6) is -1.15. The van der Waals surface area contributed by atoms with Gasteiger partial charge in [-0.25, -0.2) is 4.79 Å². The second-order valence-corrected chi connectivity index (χ2v) is 9.88. The van der Waals surface area contributed by atoms with Crippen molar-refractivity contribution in [3.05, 3.63) is 29.8 Å². The molecule has 0 spiro atoms. The van der Waals surface area contributed by atoms with Crippen LogP contribution in [0.4, 0.5) is 10.5 Å². The van der Waals surface area contributed by atoms with Crippen LogP contribution < -0.4 is 21.7 Å². The standard InChI is InChI=1S/C25H40N4O5/c1-16(2)22(29-25(4,5)6)21(31)14-19(8-7-13-27-24(26)33)23(32)28-20-11-9-18(10-12-20)15-34-17(3)30/h9-12,16,19,22,29H,7-8,13-15H2,1-6H3,(H,28,32)(H3,26,27,33)/t19-,22+/m1/s1. The average molecular weight is 477 g/mol. The zero-order valence-corrected chi connectivity index (χ0v) is 21.2. The van der Waals surface area contributed by atoms with Crippen LogP contribution in [0.15, 0.2) is 24.3 Å². The number of rotatable bonds is 13. The number of primary amides is 1. The summed E-state index contributed by atoms with van der Waals surface area (Å²) in [6.07, 6.45) is 1.01. The van der Waals surface area contributed by atoms with Crippen molar-refractivity contribution in [1.82, 2.24) is 10.6 Å². The average Bonchev–Trinajstić information content (AvgIpc) is 2.72. The number of Topliss-reactive ketones (excluding diaryl/α,β-unsaturated/α-hetero) is 1. The number of benzene rings is 1. The van der Waals surface area contributed by atoms with E-state index in [9.17, 15) is 19.2 Å². The van der Waals surface area contributed by atoms with E-state index >= 15 is 0 Å². The molecule has 0 aliphatic rings. The van der Waals surface area contributed by atoms with Gasteiger partial charge in [-0.05, 0) is 57.2 Å². The fourth-order valence-electron chi connectivity index (χ4n) is 3.45. The molecule has 5 N–H and O–H groups in total. The highest BCUT2D eigenvalue weighted by Gasteiger charge is 2.30. The van der Waals surface area contributed by atoms with Gasteiger partial charge in [-0.2, -0.15) is 0 Å². The van der Waals surface area contributed by atoms with Crippen LogP contribution in [0.3, 0.4) is 0 Å². The molecule has 1 rings (SSSR count). The number of anilines is 1. The Hall–Kier alpha value is -2.94. The van der Waals surface area contributed by atoms with Gasteiger partial charge in [0.15, 0.2) is 5.78 Å². The van der Waals surface area contributed by atoms with Gasteiger partial charge in [0.2, 0.25) is 5.91 Å². The molecule has 1 aromatic carbocycles. The number of ketones is 1. The maximum absolute atomic E-state index is 13.2. The fraction of sp³-hybridized carbons (Fsp3) is 0.600. The molecule has 0 aliphatic heterocycles. The van der Waals surface area contributed by atoms with E-state index in [1.54, 1.807) is 24.3 Å². The number of nitrogens with one attached hydrogen (secondary N) is 3. The molecule has 2 atom stereocenters. The highest BCUT2D eigenvalue weighted by molar-refractivity contribution is 5.96. The van der Waals surface area contributed by atoms with Gasteiger partial charge >= 0.3 is 12.0 Å². The monoisotopic (exact) mass is 476 g/mol. The molecule has 9 nitrogen and oxygen atoms in total. The number of hydrogen-bond acceptors (Lipinski definition) is 6. The van der Waals surface area contributed by atoms with Crippen LogP contribution in [0.5, 0.6) is 0 Å². The molecule has 0 aliphatic carbocycles. The lowest BCUT2D eigenvalue weighted by Gasteiger charge is -2.31. The van der Waals surface area contributed by atoms with Crippen molar-refractivity contribution in [1.29, 1.82) is 0 Å². The lowest BCUT2D eigenvalue weighted by molar-refractivity contribution is -0.142. The number of amides is 3. The van der Waals surface area contributed by atoms with Crippen molar-refractivity contribution < 1.29 is 23.9 Å². The van der Waals surface area contributed by atoms with Crippen LogP contribution in [0, 0.1) is 11.8 Å². The number of hydrogen-bond donors (Lipinski definition) is 4. The van der Waals surface area contributed by atoms with Gasteiger partial charge < -0.3 is 26.4 Å². The summed E-state index contributed by atoms with van der Waals surface area (Å²) in [5.41, 5.74) is 6.24.